The molecular formula is C15H18F2N2S. The van der Waals surface area contributed by atoms with Gasteiger partial charge in [0.15, 0.2) is 5.17 Å². The van der Waals surface area contributed by atoms with Gasteiger partial charge in [0, 0.05) is 23.9 Å². The second-order valence-corrected chi connectivity index (χ2v) is 6.58. The van der Waals surface area contributed by atoms with Crippen LogP contribution in [-0.2, 0) is 6.42 Å². The van der Waals surface area contributed by atoms with E-state index in [0.717, 1.165) is 17.0 Å². The fraction of sp³-hybridized carbons (Fsp3) is 0.533. The number of rotatable bonds is 3. The summed E-state index contributed by atoms with van der Waals surface area (Å²) < 4.78 is 26.1. The van der Waals surface area contributed by atoms with Crippen LogP contribution >= 0.6 is 11.8 Å². The van der Waals surface area contributed by atoms with E-state index in [2.05, 4.69) is 10.3 Å². The van der Waals surface area contributed by atoms with Crippen molar-refractivity contribution >= 4 is 16.9 Å². The molecule has 0 bridgehead atoms. The highest BCUT2D eigenvalue weighted by Crippen LogP contribution is 2.37. The first-order valence-corrected chi connectivity index (χ1v) is 8.04. The molecule has 1 spiro atoms. The molecule has 0 atom stereocenters. The molecule has 20 heavy (non-hydrogen) atoms. The molecule has 1 aromatic rings. The van der Waals surface area contributed by atoms with Crippen LogP contribution in [0, 0.1) is 11.6 Å². The Bertz CT molecular complexity index is 504. The molecule has 1 aromatic carbocycles. The third-order valence-electron chi connectivity index (χ3n) is 4.00. The van der Waals surface area contributed by atoms with Crippen LogP contribution in [0.15, 0.2) is 23.2 Å². The number of hydrogen-bond acceptors (Lipinski definition) is 2. The van der Waals surface area contributed by atoms with Crippen molar-refractivity contribution in [2.24, 2.45) is 4.99 Å². The summed E-state index contributed by atoms with van der Waals surface area (Å²) in [5.41, 5.74) is 0.930. The highest BCUT2D eigenvalue weighted by molar-refractivity contribution is 8.14. The molecule has 1 N–H and O–H groups in total. The van der Waals surface area contributed by atoms with Crippen molar-refractivity contribution in [3.05, 3.63) is 35.4 Å². The predicted molar refractivity (Wildman–Crippen MR) is 79.2 cm³/mol. The number of nitrogens with zero attached hydrogens (tertiary/aromatic N) is 1. The van der Waals surface area contributed by atoms with Crippen molar-refractivity contribution in [2.45, 2.75) is 37.6 Å². The van der Waals surface area contributed by atoms with Crippen LogP contribution < -0.4 is 5.32 Å². The Balaban J connectivity index is 1.56. The summed E-state index contributed by atoms with van der Waals surface area (Å²) in [6, 6.07) is 3.64. The lowest BCUT2D eigenvalue weighted by atomic mass is 10.0. The summed E-state index contributed by atoms with van der Waals surface area (Å²) in [5.74, 6) is 0.0531. The molecule has 1 heterocycles. The Morgan fingerprint density at radius 3 is 2.55 bits per heavy atom. The van der Waals surface area contributed by atoms with Gasteiger partial charge in [0.1, 0.15) is 11.6 Å². The molecule has 5 heteroatoms. The molecule has 2 fully saturated rings. The maximum absolute atomic E-state index is 13.1. The van der Waals surface area contributed by atoms with Crippen molar-refractivity contribution in [3.63, 3.8) is 0 Å². The molecule has 2 nitrogen and oxygen atoms in total. The van der Waals surface area contributed by atoms with Crippen LogP contribution in [0.25, 0.3) is 0 Å². The van der Waals surface area contributed by atoms with Crippen LogP contribution in [0.4, 0.5) is 8.78 Å². The lowest BCUT2D eigenvalue weighted by molar-refractivity contribution is 0.452. The summed E-state index contributed by atoms with van der Waals surface area (Å²) >= 11 is 1.77. The van der Waals surface area contributed by atoms with Gasteiger partial charge in [0.2, 0.25) is 0 Å². The van der Waals surface area contributed by atoms with Crippen molar-refractivity contribution in [1.82, 2.24) is 5.32 Å². The maximum atomic E-state index is 13.1. The zero-order valence-electron chi connectivity index (χ0n) is 11.3. The zero-order chi connectivity index (χ0) is 14.0. The van der Waals surface area contributed by atoms with E-state index in [-0.39, 0.29) is 5.54 Å². The Hall–Kier alpha value is -1.10. The van der Waals surface area contributed by atoms with Gasteiger partial charge in [-0.3, -0.25) is 4.99 Å². The van der Waals surface area contributed by atoms with E-state index < -0.39 is 11.6 Å². The molecule has 0 amide bonds. The third-order valence-corrected chi connectivity index (χ3v) is 5.20. The van der Waals surface area contributed by atoms with E-state index >= 15 is 0 Å². The number of halogens is 2. The number of benzene rings is 1. The zero-order valence-corrected chi connectivity index (χ0v) is 12.1. The van der Waals surface area contributed by atoms with E-state index in [0.29, 0.717) is 18.5 Å². The third kappa shape index (κ3) is 3.14. The molecule has 0 aromatic heterocycles. The second kappa shape index (κ2) is 5.72. The molecule has 108 valence electrons. The molecule has 0 unspecified atom stereocenters. The number of hydrogen-bond donors (Lipinski definition) is 1. The molecule has 0 radical (unpaired) electrons. The normalized spacial score (nSPS) is 22.6. The summed E-state index contributed by atoms with van der Waals surface area (Å²) in [6.07, 6.45) is 5.61. The van der Waals surface area contributed by atoms with Crippen LogP contribution in [0.1, 0.15) is 31.2 Å². The summed E-state index contributed by atoms with van der Waals surface area (Å²) in [7, 11) is 0. The van der Waals surface area contributed by atoms with Gasteiger partial charge in [0.25, 0.3) is 0 Å². The summed E-state index contributed by atoms with van der Waals surface area (Å²) in [6.45, 7) is 0.564. The van der Waals surface area contributed by atoms with Crippen LogP contribution in [0.2, 0.25) is 0 Å². The average molecular weight is 296 g/mol. The average Bonchev–Trinajstić information content (AvgIpc) is 2.99. The Morgan fingerprint density at radius 1 is 1.15 bits per heavy atom. The van der Waals surface area contributed by atoms with E-state index in [4.69, 9.17) is 0 Å². The highest BCUT2D eigenvalue weighted by Gasteiger charge is 2.39. The summed E-state index contributed by atoms with van der Waals surface area (Å²) in [5, 5.41) is 4.53. The Morgan fingerprint density at radius 2 is 1.85 bits per heavy atom. The van der Waals surface area contributed by atoms with E-state index in [1.54, 1.807) is 11.8 Å². The molecule has 1 aliphatic heterocycles. The smallest absolute Gasteiger partial charge is 0.157 e. The van der Waals surface area contributed by atoms with Crippen LogP contribution in [-0.4, -0.2) is 23.0 Å². The summed E-state index contributed by atoms with van der Waals surface area (Å²) in [4.78, 5) is 4.52. The monoisotopic (exact) mass is 296 g/mol. The minimum Gasteiger partial charge on any atom is -0.359 e. The number of thioether (sulfide) groups is 1. The second-order valence-electron chi connectivity index (χ2n) is 5.62. The number of aliphatic imine (C=N–C) groups is 1. The molecule has 1 saturated heterocycles. The SMILES string of the molecule is Fc1cc(F)cc(CCN=C2NC3(CCCC3)CS2)c1. The van der Waals surface area contributed by atoms with Gasteiger partial charge in [-0.15, -0.1) is 0 Å². The maximum Gasteiger partial charge on any atom is 0.157 e. The number of amidine groups is 1. The van der Waals surface area contributed by atoms with Crippen molar-refractivity contribution in [1.29, 1.82) is 0 Å². The molecule has 1 aliphatic carbocycles. The van der Waals surface area contributed by atoms with Crippen molar-refractivity contribution < 1.29 is 8.78 Å². The lowest BCUT2D eigenvalue weighted by Gasteiger charge is -2.21. The van der Waals surface area contributed by atoms with E-state index in [1.165, 1.54) is 37.8 Å². The largest absolute Gasteiger partial charge is 0.359 e. The Labute approximate surface area is 122 Å². The Kier molecular flexibility index (Phi) is 3.96. The first-order chi connectivity index (χ1) is 9.65. The van der Waals surface area contributed by atoms with Gasteiger partial charge >= 0.3 is 0 Å². The first-order valence-electron chi connectivity index (χ1n) is 7.06. The van der Waals surface area contributed by atoms with Gasteiger partial charge in [-0.05, 0) is 37.0 Å². The standard InChI is InChI=1S/C15H18F2N2S/c16-12-7-11(8-13(17)9-12)3-6-18-14-19-15(10-20-14)4-1-2-5-15/h7-9H,1-6,10H2,(H,18,19). The van der Waals surface area contributed by atoms with Crippen LogP contribution in [0.5, 0.6) is 0 Å². The minimum absolute atomic E-state index is 0.272. The van der Waals surface area contributed by atoms with E-state index in [9.17, 15) is 8.78 Å². The van der Waals surface area contributed by atoms with E-state index in [1.807, 2.05) is 0 Å². The lowest BCUT2D eigenvalue weighted by Crippen LogP contribution is -2.40. The first kappa shape index (κ1) is 13.9. The van der Waals surface area contributed by atoms with Gasteiger partial charge in [0.05, 0.1) is 0 Å². The fourth-order valence-corrected chi connectivity index (χ4v) is 4.20. The highest BCUT2D eigenvalue weighted by atomic mass is 32.2. The van der Waals surface area contributed by atoms with Gasteiger partial charge in [-0.1, -0.05) is 24.6 Å². The van der Waals surface area contributed by atoms with Gasteiger partial charge in [-0.2, -0.15) is 0 Å². The van der Waals surface area contributed by atoms with Crippen molar-refractivity contribution in [3.8, 4) is 0 Å². The molecule has 1 saturated carbocycles. The van der Waals surface area contributed by atoms with Crippen molar-refractivity contribution in [2.75, 3.05) is 12.3 Å². The molecular weight excluding hydrogens is 278 g/mol. The molecule has 3 rings (SSSR count). The van der Waals surface area contributed by atoms with Crippen LogP contribution in [0.3, 0.4) is 0 Å². The predicted octanol–water partition coefficient (Wildman–Crippen LogP) is 3.51. The van der Waals surface area contributed by atoms with Gasteiger partial charge in [-0.25, -0.2) is 8.78 Å². The topological polar surface area (TPSA) is 24.4 Å². The van der Waals surface area contributed by atoms with Gasteiger partial charge < -0.3 is 5.32 Å². The fourth-order valence-electron chi connectivity index (χ4n) is 2.95. The minimum atomic E-state index is -0.522. The molecule has 2 aliphatic rings. The number of nitrogens with one attached hydrogen (secondary N) is 1. The quantitative estimate of drug-likeness (QED) is 0.923.